The Morgan fingerprint density at radius 3 is 3.00 bits per heavy atom. The van der Waals surface area contributed by atoms with E-state index < -0.39 is 0 Å². The van der Waals surface area contributed by atoms with Gasteiger partial charge in [-0.1, -0.05) is 0 Å². The summed E-state index contributed by atoms with van der Waals surface area (Å²) in [7, 11) is 0. The smallest absolute Gasteiger partial charge is 0.272 e. The lowest BCUT2D eigenvalue weighted by Gasteiger charge is -2.30. The van der Waals surface area contributed by atoms with Crippen molar-refractivity contribution in [3.05, 3.63) is 29.6 Å². The van der Waals surface area contributed by atoms with E-state index in [1.54, 1.807) is 17.0 Å². The van der Waals surface area contributed by atoms with Gasteiger partial charge in [-0.2, -0.15) is 5.26 Å². The van der Waals surface area contributed by atoms with Crippen molar-refractivity contribution in [2.45, 2.75) is 18.9 Å². The van der Waals surface area contributed by atoms with Crippen molar-refractivity contribution < 1.29 is 4.79 Å². The van der Waals surface area contributed by atoms with E-state index in [1.807, 2.05) is 6.07 Å². The number of carbonyl (C=O) groups excluding carboxylic acids is 1. The summed E-state index contributed by atoms with van der Waals surface area (Å²) in [5, 5.41) is 8.65. The predicted molar refractivity (Wildman–Crippen MR) is 62.1 cm³/mol. The minimum Gasteiger partial charge on any atom is -0.336 e. The van der Waals surface area contributed by atoms with Gasteiger partial charge in [-0.25, -0.2) is 4.98 Å². The number of piperidine rings is 1. The molecule has 2 heterocycles. The van der Waals surface area contributed by atoms with Gasteiger partial charge in [0.2, 0.25) is 0 Å². The van der Waals surface area contributed by atoms with E-state index in [0.717, 1.165) is 19.4 Å². The van der Waals surface area contributed by atoms with Crippen molar-refractivity contribution in [1.82, 2.24) is 9.88 Å². The Labute approximate surface area is 99.9 Å². The summed E-state index contributed by atoms with van der Waals surface area (Å²) in [6.07, 6.45) is 3.31. The number of carbonyl (C=O) groups is 1. The Balaban J connectivity index is 2.11. The zero-order valence-corrected chi connectivity index (χ0v) is 9.47. The van der Waals surface area contributed by atoms with Crippen LogP contribution in [0.25, 0.3) is 0 Å². The molecule has 0 aliphatic carbocycles. The highest BCUT2D eigenvalue weighted by molar-refractivity contribution is 5.92. The quantitative estimate of drug-likeness (QED) is 0.762. The molecule has 0 unspecified atom stereocenters. The number of nitrogens with zero attached hydrogens (tertiary/aromatic N) is 3. The van der Waals surface area contributed by atoms with E-state index in [0.29, 0.717) is 17.8 Å². The molecule has 88 valence electrons. The van der Waals surface area contributed by atoms with Crippen LogP contribution in [0.5, 0.6) is 0 Å². The molecule has 0 radical (unpaired) electrons. The van der Waals surface area contributed by atoms with Gasteiger partial charge >= 0.3 is 0 Å². The van der Waals surface area contributed by atoms with Crippen LogP contribution in [-0.4, -0.2) is 34.9 Å². The largest absolute Gasteiger partial charge is 0.336 e. The first-order chi connectivity index (χ1) is 8.20. The highest BCUT2D eigenvalue weighted by atomic mass is 16.2. The van der Waals surface area contributed by atoms with Crippen molar-refractivity contribution in [3.8, 4) is 6.07 Å². The monoisotopic (exact) mass is 230 g/mol. The van der Waals surface area contributed by atoms with Crippen LogP contribution in [0, 0.1) is 11.3 Å². The van der Waals surface area contributed by atoms with Gasteiger partial charge in [0.05, 0.1) is 5.56 Å². The highest BCUT2D eigenvalue weighted by Crippen LogP contribution is 2.11. The summed E-state index contributed by atoms with van der Waals surface area (Å²) in [6, 6.07) is 5.22. The van der Waals surface area contributed by atoms with Crippen molar-refractivity contribution >= 4 is 5.91 Å². The fourth-order valence-corrected chi connectivity index (χ4v) is 1.94. The molecule has 5 heteroatoms. The zero-order valence-electron chi connectivity index (χ0n) is 9.47. The van der Waals surface area contributed by atoms with Crippen LogP contribution in [0.15, 0.2) is 18.3 Å². The number of amides is 1. The molecule has 2 rings (SSSR count). The zero-order chi connectivity index (χ0) is 12.3. The summed E-state index contributed by atoms with van der Waals surface area (Å²) < 4.78 is 0. The number of hydrogen-bond donors (Lipinski definition) is 1. The lowest BCUT2D eigenvalue weighted by atomic mass is 10.1. The molecule has 1 saturated heterocycles. The molecule has 0 saturated carbocycles. The summed E-state index contributed by atoms with van der Waals surface area (Å²) in [6.45, 7) is 1.31. The Hall–Kier alpha value is -1.93. The molecule has 1 amide bonds. The van der Waals surface area contributed by atoms with Crippen LogP contribution in [0.2, 0.25) is 0 Å². The second-order valence-corrected chi connectivity index (χ2v) is 4.20. The maximum atomic E-state index is 12.1. The molecule has 17 heavy (non-hydrogen) atoms. The number of aromatic nitrogens is 1. The molecule has 0 aromatic carbocycles. The van der Waals surface area contributed by atoms with E-state index in [4.69, 9.17) is 11.0 Å². The van der Waals surface area contributed by atoms with Crippen LogP contribution in [-0.2, 0) is 0 Å². The van der Waals surface area contributed by atoms with Gasteiger partial charge in [-0.15, -0.1) is 0 Å². The van der Waals surface area contributed by atoms with Crippen molar-refractivity contribution in [2.24, 2.45) is 5.73 Å². The first-order valence-corrected chi connectivity index (χ1v) is 5.61. The van der Waals surface area contributed by atoms with Gasteiger partial charge in [0, 0.05) is 25.3 Å². The maximum Gasteiger partial charge on any atom is 0.272 e. The van der Waals surface area contributed by atoms with Crippen molar-refractivity contribution in [1.29, 1.82) is 5.26 Å². The Kier molecular flexibility index (Phi) is 3.35. The van der Waals surface area contributed by atoms with Gasteiger partial charge in [0.1, 0.15) is 11.8 Å². The second kappa shape index (κ2) is 4.93. The Bertz CT molecular complexity index is 449. The normalized spacial score (nSPS) is 19.8. The van der Waals surface area contributed by atoms with E-state index >= 15 is 0 Å². The van der Waals surface area contributed by atoms with Gasteiger partial charge in [0.25, 0.3) is 5.91 Å². The van der Waals surface area contributed by atoms with E-state index in [-0.39, 0.29) is 11.9 Å². The number of rotatable bonds is 1. The fourth-order valence-electron chi connectivity index (χ4n) is 1.94. The minimum atomic E-state index is -0.107. The molecule has 2 N–H and O–H groups in total. The van der Waals surface area contributed by atoms with Gasteiger partial charge in [0.15, 0.2) is 0 Å². The summed E-state index contributed by atoms with van der Waals surface area (Å²) in [5.74, 6) is -0.107. The molecule has 1 atom stereocenters. The summed E-state index contributed by atoms with van der Waals surface area (Å²) >= 11 is 0. The van der Waals surface area contributed by atoms with Crippen LogP contribution in [0.4, 0.5) is 0 Å². The average molecular weight is 230 g/mol. The molecule has 1 aliphatic rings. The first kappa shape index (κ1) is 11.6. The molecule has 1 aromatic rings. The van der Waals surface area contributed by atoms with Crippen LogP contribution in [0.3, 0.4) is 0 Å². The molecule has 1 aromatic heterocycles. The minimum absolute atomic E-state index is 0.0612. The molecular formula is C12H14N4O. The lowest BCUT2D eigenvalue weighted by Crippen LogP contribution is -2.45. The van der Waals surface area contributed by atoms with E-state index in [2.05, 4.69) is 4.98 Å². The number of nitriles is 1. The standard InChI is InChI=1S/C12H14N4O/c13-6-9-3-4-11(15-7-9)12(17)16-5-1-2-10(14)8-16/h3-4,7,10H,1-2,5,8,14H2/t10-/m1/s1. The number of nitrogens with two attached hydrogens (primary N) is 1. The molecule has 0 spiro atoms. The predicted octanol–water partition coefficient (Wildman–Crippen LogP) is 0.517. The second-order valence-electron chi connectivity index (χ2n) is 4.20. The van der Waals surface area contributed by atoms with Gasteiger partial charge in [-0.3, -0.25) is 4.79 Å². The van der Waals surface area contributed by atoms with Crippen molar-refractivity contribution in [3.63, 3.8) is 0 Å². The summed E-state index contributed by atoms with van der Waals surface area (Å²) in [4.78, 5) is 17.8. The highest BCUT2D eigenvalue weighted by Gasteiger charge is 2.22. The molecular weight excluding hydrogens is 216 g/mol. The average Bonchev–Trinajstić information content (AvgIpc) is 2.38. The summed E-state index contributed by atoms with van der Waals surface area (Å²) in [5.41, 5.74) is 6.66. The Morgan fingerprint density at radius 2 is 2.41 bits per heavy atom. The van der Waals surface area contributed by atoms with Gasteiger partial charge < -0.3 is 10.6 Å². The van der Waals surface area contributed by atoms with Crippen LogP contribution in [0.1, 0.15) is 28.9 Å². The van der Waals surface area contributed by atoms with E-state index in [1.165, 1.54) is 6.20 Å². The van der Waals surface area contributed by atoms with E-state index in [9.17, 15) is 4.79 Å². The SMILES string of the molecule is N#Cc1ccc(C(=O)N2CCC[C@@H](N)C2)nc1. The molecule has 1 aliphatic heterocycles. The third kappa shape index (κ3) is 2.60. The third-order valence-corrected chi connectivity index (χ3v) is 2.86. The van der Waals surface area contributed by atoms with Crippen molar-refractivity contribution in [2.75, 3.05) is 13.1 Å². The first-order valence-electron chi connectivity index (χ1n) is 5.61. The van der Waals surface area contributed by atoms with Crippen LogP contribution >= 0.6 is 0 Å². The number of hydrogen-bond acceptors (Lipinski definition) is 4. The maximum absolute atomic E-state index is 12.1. The number of pyridine rings is 1. The fraction of sp³-hybridized carbons (Fsp3) is 0.417. The molecule has 1 fully saturated rings. The number of likely N-dealkylation sites (tertiary alicyclic amines) is 1. The third-order valence-electron chi connectivity index (χ3n) is 2.86. The lowest BCUT2D eigenvalue weighted by molar-refractivity contribution is 0.0703. The molecule has 5 nitrogen and oxygen atoms in total. The van der Waals surface area contributed by atoms with Gasteiger partial charge in [-0.05, 0) is 25.0 Å². The molecule has 0 bridgehead atoms. The Morgan fingerprint density at radius 1 is 1.59 bits per heavy atom. The topological polar surface area (TPSA) is 83.0 Å². The van der Waals surface area contributed by atoms with Crippen LogP contribution < -0.4 is 5.73 Å².